The highest BCUT2D eigenvalue weighted by Gasteiger charge is 2.12. The second-order valence-corrected chi connectivity index (χ2v) is 7.56. The Morgan fingerprint density at radius 2 is 1.77 bits per heavy atom. The lowest BCUT2D eigenvalue weighted by atomic mass is 10.1. The van der Waals surface area contributed by atoms with E-state index in [2.05, 4.69) is 22.2 Å². The summed E-state index contributed by atoms with van der Waals surface area (Å²) >= 11 is 0. The van der Waals surface area contributed by atoms with Crippen LogP contribution in [-0.2, 0) is 6.42 Å². The van der Waals surface area contributed by atoms with Crippen LogP contribution in [0.1, 0.15) is 18.9 Å². The molecule has 1 N–H and O–H groups in total. The maximum Gasteiger partial charge on any atom is 0.256 e. The van der Waals surface area contributed by atoms with Crippen LogP contribution < -0.4 is 10.9 Å². The van der Waals surface area contributed by atoms with Crippen LogP contribution in [0, 0.1) is 0 Å². The Morgan fingerprint density at radius 1 is 0.903 bits per heavy atom. The second kappa shape index (κ2) is 8.03. The van der Waals surface area contributed by atoms with Gasteiger partial charge >= 0.3 is 0 Å². The van der Waals surface area contributed by atoms with Gasteiger partial charge in [0.2, 0.25) is 0 Å². The molecule has 152 valence electrons. The standard InChI is InChI=1S/C26H22N4O/c1-2-6-18-13-14-27-24(15-18)30-25(31)12-9-19-17-28-23-11-10-21(16-22(23)26(19)30)29-20-7-4-3-5-8-20/h3-5,7-17,29H,2,6H2,1H3. The summed E-state index contributed by atoms with van der Waals surface area (Å²) in [6, 6.07) is 23.4. The third-order valence-corrected chi connectivity index (χ3v) is 5.36. The van der Waals surface area contributed by atoms with Gasteiger partial charge in [0.05, 0.1) is 11.0 Å². The summed E-state index contributed by atoms with van der Waals surface area (Å²) in [5, 5.41) is 5.23. The van der Waals surface area contributed by atoms with Crippen molar-refractivity contribution in [3.8, 4) is 5.82 Å². The molecule has 5 heteroatoms. The summed E-state index contributed by atoms with van der Waals surface area (Å²) in [6.07, 6.45) is 5.57. The first kappa shape index (κ1) is 19.0. The summed E-state index contributed by atoms with van der Waals surface area (Å²) in [5.41, 5.74) is 4.64. The summed E-state index contributed by atoms with van der Waals surface area (Å²) in [4.78, 5) is 22.1. The number of nitrogens with zero attached hydrogens (tertiary/aromatic N) is 3. The molecule has 0 unspecified atom stereocenters. The van der Waals surface area contributed by atoms with Gasteiger partial charge in [-0.1, -0.05) is 31.5 Å². The summed E-state index contributed by atoms with van der Waals surface area (Å²) in [5.74, 6) is 0.635. The zero-order valence-electron chi connectivity index (χ0n) is 17.2. The van der Waals surface area contributed by atoms with Crippen molar-refractivity contribution in [2.45, 2.75) is 19.8 Å². The van der Waals surface area contributed by atoms with Gasteiger partial charge in [0.25, 0.3) is 5.56 Å². The van der Waals surface area contributed by atoms with Crippen molar-refractivity contribution in [3.63, 3.8) is 0 Å². The van der Waals surface area contributed by atoms with E-state index < -0.39 is 0 Å². The number of aryl methyl sites for hydroxylation is 1. The topological polar surface area (TPSA) is 59.8 Å². The van der Waals surface area contributed by atoms with Crippen molar-refractivity contribution >= 4 is 33.2 Å². The normalized spacial score (nSPS) is 11.1. The lowest BCUT2D eigenvalue weighted by molar-refractivity contribution is 0.904. The van der Waals surface area contributed by atoms with Gasteiger partial charge in [-0.3, -0.25) is 14.3 Å². The van der Waals surface area contributed by atoms with Crippen molar-refractivity contribution in [2.75, 3.05) is 5.32 Å². The van der Waals surface area contributed by atoms with Gasteiger partial charge in [-0.2, -0.15) is 0 Å². The Labute approximate surface area is 180 Å². The summed E-state index contributed by atoms with van der Waals surface area (Å²) in [6.45, 7) is 2.14. The Hall–Kier alpha value is -3.99. The number of aromatic nitrogens is 3. The number of pyridine rings is 3. The lowest BCUT2D eigenvalue weighted by Gasteiger charge is -2.14. The molecule has 31 heavy (non-hydrogen) atoms. The van der Waals surface area contributed by atoms with Gasteiger partial charge in [-0.05, 0) is 60.5 Å². The summed E-state index contributed by atoms with van der Waals surface area (Å²) < 4.78 is 1.70. The second-order valence-electron chi connectivity index (χ2n) is 7.56. The Kier molecular flexibility index (Phi) is 4.92. The predicted molar refractivity (Wildman–Crippen MR) is 126 cm³/mol. The number of benzene rings is 2. The number of rotatable bonds is 5. The third kappa shape index (κ3) is 3.66. The van der Waals surface area contributed by atoms with Crippen LogP contribution in [0.5, 0.6) is 0 Å². The molecule has 0 saturated heterocycles. The number of anilines is 2. The molecule has 5 aromatic rings. The van der Waals surface area contributed by atoms with Crippen molar-refractivity contribution < 1.29 is 0 Å². The lowest BCUT2D eigenvalue weighted by Crippen LogP contribution is -2.19. The van der Waals surface area contributed by atoms with Gasteiger partial charge in [0.1, 0.15) is 5.82 Å². The zero-order valence-corrected chi connectivity index (χ0v) is 17.2. The molecule has 0 atom stereocenters. The Balaban J connectivity index is 1.75. The molecule has 3 aromatic heterocycles. The first-order valence-corrected chi connectivity index (χ1v) is 10.4. The van der Waals surface area contributed by atoms with E-state index in [0.29, 0.717) is 5.82 Å². The zero-order chi connectivity index (χ0) is 21.2. The van der Waals surface area contributed by atoms with E-state index in [-0.39, 0.29) is 5.56 Å². The average molecular weight is 406 g/mol. The monoisotopic (exact) mass is 406 g/mol. The van der Waals surface area contributed by atoms with E-state index >= 15 is 0 Å². The van der Waals surface area contributed by atoms with E-state index in [1.54, 1.807) is 16.8 Å². The van der Waals surface area contributed by atoms with Crippen molar-refractivity contribution in [2.24, 2.45) is 0 Å². The third-order valence-electron chi connectivity index (χ3n) is 5.36. The fraction of sp³-hybridized carbons (Fsp3) is 0.115. The fourth-order valence-corrected chi connectivity index (χ4v) is 3.93. The van der Waals surface area contributed by atoms with Crippen molar-refractivity contribution in [3.05, 3.63) is 101 Å². The maximum absolute atomic E-state index is 13.0. The molecule has 3 heterocycles. The van der Waals surface area contributed by atoms with E-state index in [4.69, 9.17) is 0 Å². The minimum Gasteiger partial charge on any atom is -0.356 e. The highest BCUT2D eigenvalue weighted by Crippen LogP contribution is 2.28. The number of hydrogen-bond acceptors (Lipinski definition) is 4. The van der Waals surface area contributed by atoms with Crippen LogP contribution in [-0.4, -0.2) is 14.5 Å². The first-order chi connectivity index (χ1) is 15.2. The molecule has 0 aliphatic heterocycles. The number of nitrogens with one attached hydrogen (secondary N) is 1. The molecule has 5 rings (SSSR count). The predicted octanol–water partition coefficient (Wildman–Crippen LogP) is 5.63. The van der Waals surface area contributed by atoms with Crippen molar-refractivity contribution in [1.29, 1.82) is 0 Å². The Bertz CT molecular complexity index is 1440. The number of hydrogen-bond donors (Lipinski definition) is 1. The van der Waals surface area contributed by atoms with Crippen LogP contribution in [0.4, 0.5) is 11.4 Å². The number of para-hydroxylation sites is 1. The maximum atomic E-state index is 13.0. The average Bonchev–Trinajstić information content (AvgIpc) is 2.80. The molecule has 0 fully saturated rings. The van der Waals surface area contributed by atoms with Gasteiger partial charge in [-0.15, -0.1) is 0 Å². The molecule has 0 aliphatic rings. The largest absolute Gasteiger partial charge is 0.356 e. The quantitative estimate of drug-likeness (QED) is 0.384. The highest BCUT2D eigenvalue weighted by atomic mass is 16.1. The van der Waals surface area contributed by atoms with Gasteiger partial charge in [0.15, 0.2) is 0 Å². The molecule has 0 aliphatic carbocycles. The van der Waals surface area contributed by atoms with Crippen LogP contribution in [0.15, 0.2) is 90.0 Å². The molecule has 2 aromatic carbocycles. The minimum absolute atomic E-state index is 0.109. The van der Waals surface area contributed by atoms with Crippen LogP contribution in [0.2, 0.25) is 0 Å². The summed E-state index contributed by atoms with van der Waals surface area (Å²) in [7, 11) is 0. The first-order valence-electron chi connectivity index (χ1n) is 10.4. The molecule has 5 nitrogen and oxygen atoms in total. The molecule has 0 bridgehead atoms. The molecule has 0 radical (unpaired) electrons. The molecule has 0 saturated carbocycles. The van der Waals surface area contributed by atoms with Crippen LogP contribution in [0.3, 0.4) is 0 Å². The Morgan fingerprint density at radius 3 is 2.61 bits per heavy atom. The molecule has 0 spiro atoms. The van der Waals surface area contributed by atoms with E-state index in [1.165, 1.54) is 5.56 Å². The van der Waals surface area contributed by atoms with Gasteiger partial charge in [0, 0.05) is 40.6 Å². The molecular formula is C26H22N4O. The van der Waals surface area contributed by atoms with Gasteiger partial charge in [-0.25, -0.2) is 4.98 Å². The number of fused-ring (bicyclic) bond motifs is 3. The van der Waals surface area contributed by atoms with Crippen LogP contribution >= 0.6 is 0 Å². The van der Waals surface area contributed by atoms with Crippen molar-refractivity contribution in [1.82, 2.24) is 14.5 Å². The van der Waals surface area contributed by atoms with E-state index in [0.717, 1.165) is 46.0 Å². The van der Waals surface area contributed by atoms with Gasteiger partial charge < -0.3 is 5.32 Å². The highest BCUT2D eigenvalue weighted by molar-refractivity contribution is 6.05. The van der Waals surface area contributed by atoms with Crippen LogP contribution in [0.25, 0.3) is 27.6 Å². The fourth-order valence-electron chi connectivity index (χ4n) is 3.93. The minimum atomic E-state index is -0.109. The van der Waals surface area contributed by atoms with E-state index in [9.17, 15) is 4.79 Å². The molecular weight excluding hydrogens is 384 g/mol. The smallest absolute Gasteiger partial charge is 0.256 e. The SMILES string of the molecule is CCCc1ccnc(-n2c(=O)ccc3cnc4ccc(Nc5ccccc5)cc4c32)c1. The van der Waals surface area contributed by atoms with E-state index in [1.807, 2.05) is 72.9 Å². The molecule has 0 amide bonds.